The fourth-order valence-electron chi connectivity index (χ4n) is 3.76. The van der Waals surface area contributed by atoms with E-state index in [2.05, 4.69) is 5.32 Å². The molecular formula is C29H28N2O5S2. The number of thioether (sulfide) groups is 1. The van der Waals surface area contributed by atoms with E-state index in [0.717, 1.165) is 16.9 Å². The fourth-order valence-corrected chi connectivity index (χ4v) is 5.06. The average molecular weight is 549 g/mol. The lowest BCUT2D eigenvalue weighted by Gasteiger charge is -2.15. The number of ether oxygens (including phenoxy) is 3. The highest BCUT2D eigenvalue weighted by Crippen LogP contribution is 2.37. The first-order chi connectivity index (χ1) is 18.4. The van der Waals surface area contributed by atoms with Crippen molar-refractivity contribution in [3.63, 3.8) is 0 Å². The van der Waals surface area contributed by atoms with Gasteiger partial charge < -0.3 is 19.5 Å². The molecule has 0 aromatic heterocycles. The van der Waals surface area contributed by atoms with Crippen LogP contribution in [0.1, 0.15) is 25.0 Å². The molecule has 0 spiro atoms. The van der Waals surface area contributed by atoms with Crippen LogP contribution in [0.3, 0.4) is 0 Å². The average Bonchev–Trinajstić information content (AvgIpc) is 3.17. The standard InChI is InChI=1S/C29H28N2O5S2/c1-4-34-23-12-10-22(11-13-23)31-28(33)26(38-29(31)37)17-20-9-14-24(25(16-20)35-5-2)36-18-27(32)30-21-8-6-7-19(3)15-21/h6-17H,4-5,18H2,1-3H3,(H,30,32)/b26-17-. The highest BCUT2D eigenvalue weighted by Gasteiger charge is 2.33. The molecule has 7 nitrogen and oxygen atoms in total. The molecule has 196 valence electrons. The summed E-state index contributed by atoms with van der Waals surface area (Å²) >= 11 is 6.73. The van der Waals surface area contributed by atoms with Crippen LogP contribution in [0.4, 0.5) is 11.4 Å². The molecule has 0 radical (unpaired) electrons. The van der Waals surface area contributed by atoms with E-state index in [1.54, 1.807) is 24.3 Å². The molecule has 0 saturated carbocycles. The number of hydrogen-bond donors (Lipinski definition) is 1. The number of thiocarbonyl (C=S) groups is 1. The summed E-state index contributed by atoms with van der Waals surface area (Å²) in [6.07, 6.45) is 1.77. The third-order valence-corrected chi connectivity index (χ3v) is 6.73. The molecule has 4 rings (SSSR count). The van der Waals surface area contributed by atoms with Gasteiger partial charge in [-0.3, -0.25) is 14.5 Å². The van der Waals surface area contributed by atoms with Crippen molar-refractivity contribution < 1.29 is 23.8 Å². The molecule has 0 unspecified atom stereocenters. The lowest BCUT2D eigenvalue weighted by atomic mass is 10.1. The minimum atomic E-state index is -0.278. The van der Waals surface area contributed by atoms with Gasteiger partial charge in [-0.15, -0.1) is 0 Å². The first-order valence-corrected chi connectivity index (χ1v) is 13.4. The maximum absolute atomic E-state index is 13.2. The van der Waals surface area contributed by atoms with Gasteiger partial charge in [0.15, 0.2) is 22.4 Å². The van der Waals surface area contributed by atoms with E-state index in [-0.39, 0.29) is 18.4 Å². The van der Waals surface area contributed by atoms with Gasteiger partial charge in [-0.05, 0) is 86.5 Å². The minimum Gasteiger partial charge on any atom is -0.494 e. The quantitative estimate of drug-likeness (QED) is 0.238. The summed E-state index contributed by atoms with van der Waals surface area (Å²) in [5.74, 6) is 1.17. The van der Waals surface area contributed by atoms with Gasteiger partial charge in [0.1, 0.15) is 5.75 Å². The Labute approximate surface area is 231 Å². The number of hydrogen-bond acceptors (Lipinski definition) is 7. The number of rotatable bonds is 10. The molecule has 0 atom stereocenters. The second-order valence-electron chi connectivity index (χ2n) is 8.29. The molecule has 1 saturated heterocycles. The lowest BCUT2D eigenvalue weighted by molar-refractivity contribution is -0.118. The summed E-state index contributed by atoms with van der Waals surface area (Å²) in [4.78, 5) is 27.6. The van der Waals surface area contributed by atoms with Crippen molar-refractivity contribution in [1.82, 2.24) is 0 Å². The Morgan fingerprint density at radius 2 is 1.74 bits per heavy atom. The predicted octanol–water partition coefficient (Wildman–Crippen LogP) is 6.22. The Kier molecular flexibility index (Phi) is 9.04. The largest absolute Gasteiger partial charge is 0.494 e. The molecule has 3 aromatic rings. The molecule has 9 heteroatoms. The Bertz CT molecular complexity index is 1370. The van der Waals surface area contributed by atoms with Crippen LogP contribution in [0.25, 0.3) is 6.08 Å². The van der Waals surface area contributed by atoms with Crippen molar-refractivity contribution in [1.29, 1.82) is 0 Å². The Hall–Kier alpha value is -3.82. The third kappa shape index (κ3) is 6.73. The Morgan fingerprint density at radius 1 is 0.974 bits per heavy atom. The van der Waals surface area contributed by atoms with Crippen LogP contribution in [0, 0.1) is 6.92 Å². The molecule has 3 aromatic carbocycles. The first kappa shape index (κ1) is 27.2. The van der Waals surface area contributed by atoms with Crippen LogP contribution in [0.2, 0.25) is 0 Å². The maximum Gasteiger partial charge on any atom is 0.270 e. The molecule has 1 aliphatic heterocycles. The molecule has 1 aliphatic rings. The number of anilines is 2. The molecule has 2 amide bonds. The van der Waals surface area contributed by atoms with Crippen molar-refractivity contribution in [2.24, 2.45) is 0 Å². The van der Waals surface area contributed by atoms with E-state index in [0.29, 0.717) is 45.3 Å². The van der Waals surface area contributed by atoms with Gasteiger partial charge in [-0.1, -0.05) is 42.2 Å². The molecule has 38 heavy (non-hydrogen) atoms. The second kappa shape index (κ2) is 12.6. The van der Waals surface area contributed by atoms with E-state index >= 15 is 0 Å². The van der Waals surface area contributed by atoms with Crippen LogP contribution in [-0.2, 0) is 9.59 Å². The summed E-state index contributed by atoms with van der Waals surface area (Å²) in [5, 5.41) is 2.82. The van der Waals surface area contributed by atoms with Gasteiger partial charge in [0.2, 0.25) is 0 Å². The van der Waals surface area contributed by atoms with E-state index in [9.17, 15) is 9.59 Å². The third-order valence-electron chi connectivity index (χ3n) is 5.43. The van der Waals surface area contributed by atoms with Crippen LogP contribution < -0.4 is 24.4 Å². The van der Waals surface area contributed by atoms with Crippen LogP contribution in [0.5, 0.6) is 17.2 Å². The van der Waals surface area contributed by atoms with Crippen molar-refractivity contribution in [3.8, 4) is 17.2 Å². The summed E-state index contributed by atoms with van der Waals surface area (Å²) in [7, 11) is 0. The number of nitrogens with zero attached hydrogens (tertiary/aromatic N) is 1. The highest BCUT2D eigenvalue weighted by atomic mass is 32.2. The van der Waals surface area contributed by atoms with Gasteiger partial charge in [-0.25, -0.2) is 0 Å². The lowest BCUT2D eigenvalue weighted by Crippen LogP contribution is -2.27. The molecular weight excluding hydrogens is 520 g/mol. The van der Waals surface area contributed by atoms with Gasteiger partial charge in [0.05, 0.1) is 23.8 Å². The Morgan fingerprint density at radius 3 is 2.45 bits per heavy atom. The Balaban J connectivity index is 1.46. The van der Waals surface area contributed by atoms with E-state index in [1.807, 2.05) is 69.3 Å². The van der Waals surface area contributed by atoms with Gasteiger partial charge in [0.25, 0.3) is 11.8 Å². The molecule has 0 aliphatic carbocycles. The molecule has 0 bridgehead atoms. The summed E-state index contributed by atoms with van der Waals surface area (Å²) in [6.45, 7) is 6.55. The van der Waals surface area contributed by atoms with E-state index in [4.69, 9.17) is 26.4 Å². The summed E-state index contributed by atoms with van der Waals surface area (Å²) < 4.78 is 17.4. The zero-order valence-corrected chi connectivity index (χ0v) is 23.0. The normalized spacial score (nSPS) is 14.1. The van der Waals surface area contributed by atoms with Crippen LogP contribution >= 0.6 is 24.0 Å². The number of benzene rings is 3. The smallest absolute Gasteiger partial charge is 0.270 e. The molecule has 1 heterocycles. The van der Waals surface area contributed by atoms with Crippen molar-refractivity contribution >= 4 is 57.6 Å². The van der Waals surface area contributed by atoms with Crippen LogP contribution in [-0.4, -0.2) is 36.0 Å². The number of carbonyl (C=O) groups is 2. The number of carbonyl (C=O) groups excluding carboxylic acids is 2. The zero-order valence-electron chi connectivity index (χ0n) is 21.4. The van der Waals surface area contributed by atoms with Crippen molar-refractivity contribution in [3.05, 3.63) is 82.8 Å². The van der Waals surface area contributed by atoms with Crippen molar-refractivity contribution in [2.75, 3.05) is 30.0 Å². The van der Waals surface area contributed by atoms with Crippen molar-refractivity contribution in [2.45, 2.75) is 20.8 Å². The zero-order chi connectivity index (χ0) is 27.1. The van der Waals surface area contributed by atoms with E-state index in [1.165, 1.54) is 16.7 Å². The predicted molar refractivity (Wildman–Crippen MR) is 156 cm³/mol. The first-order valence-electron chi connectivity index (χ1n) is 12.1. The SMILES string of the molecule is CCOc1ccc(N2C(=O)/C(=C/c3ccc(OCC(=O)Nc4cccc(C)c4)c(OCC)c3)SC2=S)cc1. The summed E-state index contributed by atoms with van der Waals surface area (Å²) in [6, 6.07) is 20.1. The van der Waals surface area contributed by atoms with Gasteiger partial charge >= 0.3 is 0 Å². The monoisotopic (exact) mass is 548 g/mol. The highest BCUT2D eigenvalue weighted by molar-refractivity contribution is 8.27. The fraction of sp³-hybridized carbons (Fsp3) is 0.207. The number of aryl methyl sites for hydroxylation is 1. The van der Waals surface area contributed by atoms with Gasteiger partial charge in [0, 0.05) is 5.69 Å². The maximum atomic E-state index is 13.2. The number of amides is 2. The van der Waals surface area contributed by atoms with Crippen LogP contribution in [0.15, 0.2) is 71.6 Å². The minimum absolute atomic E-state index is 0.173. The summed E-state index contributed by atoms with van der Waals surface area (Å²) in [5.41, 5.74) is 3.19. The van der Waals surface area contributed by atoms with Gasteiger partial charge in [-0.2, -0.15) is 0 Å². The number of nitrogens with one attached hydrogen (secondary N) is 1. The van der Waals surface area contributed by atoms with E-state index < -0.39 is 0 Å². The topological polar surface area (TPSA) is 77.1 Å². The molecule has 1 N–H and O–H groups in total. The second-order valence-corrected chi connectivity index (χ2v) is 9.97. The molecule has 1 fully saturated rings.